The van der Waals surface area contributed by atoms with Crippen LogP contribution in [0.3, 0.4) is 0 Å². The molecule has 42 heavy (non-hydrogen) atoms. The van der Waals surface area contributed by atoms with Gasteiger partial charge in [0.15, 0.2) is 11.0 Å². The van der Waals surface area contributed by atoms with Crippen molar-refractivity contribution in [1.29, 1.82) is 0 Å². The zero-order chi connectivity index (χ0) is 29.8. The molecule has 0 spiro atoms. The van der Waals surface area contributed by atoms with Crippen LogP contribution in [0.15, 0.2) is 47.6 Å². The number of aromatic nitrogens is 3. The molecular formula is C31H33N5O4S2. The zero-order valence-electron chi connectivity index (χ0n) is 24.1. The monoisotopic (exact) mass is 603 g/mol. The summed E-state index contributed by atoms with van der Waals surface area (Å²) in [6.45, 7) is 8.18. The topological polar surface area (TPSA) is 115 Å². The molecule has 2 aromatic carbocycles. The van der Waals surface area contributed by atoms with Crippen LogP contribution in [0.1, 0.15) is 67.0 Å². The van der Waals surface area contributed by atoms with E-state index in [2.05, 4.69) is 20.8 Å². The van der Waals surface area contributed by atoms with E-state index in [4.69, 9.17) is 4.74 Å². The smallest absolute Gasteiger partial charge is 0.341 e. The number of thiophene rings is 1. The minimum atomic E-state index is -0.397. The average molecular weight is 604 g/mol. The highest BCUT2D eigenvalue weighted by molar-refractivity contribution is 7.99. The second-order valence-corrected chi connectivity index (χ2v) is 12.2. The SMILES string of the molecule is CCOC(=O)c1c(NC(=O)CSc2nnc(CNC(=O)c3ccc(C)c(C)c3)n2-c2cccc(C)c2)sc2c1CCC2. The van der Waals surface area contributed by atoms with Crippen LogP contribution in [0, 0.1) is 20.8 Å². The number of nitrogens with zero attached hydrogens (tertiary/aromatic N) is 3. The van der Waals surface area contributed by atoms with Crippen molar-refractivity contribution < 1.29 is 19.1 Å². The number of nitrogens with one attached hydrogen (secondary N) is 2. The van der Waals surface area contributed by atoms with Crippen LogP contribution in [-0.2, 0) is 28.9 Å². The first-order valence-electron chi connectivity index (χ1n) is 13.9. The van der Waals surface area contributed by atoms with E-state index in [1.54, 1.807) is 13.0 Å². The number of amides is 2. The predicted molar refractivity (Wildman–Crippen MR) is 165 cm³/mol. The Morgan fingerprint density at radius 2 is 1.88 bits per heavy atom. The van der Waals surface area contributed by atoms with Crippen LogP contribution < -0.4 is 10.6 Å². The lowest BCUT2D eigenvalue weighted by atomic mass is 10.1. The van der Waals surface area contributed by atoms with Crippen molar-refractivity contribution in [1.82, 2.24) is 20.1 Å². The summed E-state index contributed by atoms with van der Waals surface area (Å²) < 4.78 is 7.14. The van der Waals surface area contributed by atoms with Gasteiger partial charge in [0.05, 0.1) is 24.5 Å². The van der Waals surface area contributed by atoms with E-state index in [1.807, 2.05) is 61.7 Å². The molecule has 11 heteroatoms. The van der Waals surface area contributed by atoms with Crippen molar-refractivity contribution in [3.63, 3.8) is 0 Å². The molecule has 2 amide bonds. The van der Waals surface area contributed by atoms with E-state index in [0.717, 1.165) is 52.1 Å². The second kappa shape index (κ2) is 12.9. The van der Waals surface area contributed by atoms with Gasteiger partial charge in [-0.15, -0.1) is 21.5 Å². The molecule has 0 bridgehead atoms. The maximum absolute atomic E-state index is 13.1. The maximum atomic E-state index is 13.1. The summed E-state index contributed by atoms with van der Waals surface area (Å²) in [6, 6.07) is 13.5. The Morgan fingerprint density at radius 3 is 2.64 bits per heavy atom. The fraction of sp³-hybridized carbons (Fsp3) is 0.323. The first-order chi connectivity index (χ1) is 20.2. The molecule has 2 N–H and O–H groups in total. The van der Waals surface area contributed by atoms with Crippen LogP contribution in [0.25, 0.3) is 5.69 Å². The second-order valence-electron chi connectivity index (χ2n) is 10.2. The lowest BCUT2D eigenvalue weighted by Crippen LogP contribution is -2.25. The number of thioether (sulfide) groups is 1. The lowest BCUT2D eigenvalue weighted by Gasteiger charge is -2.12. The number of anilines is 1. The number of hydrogen-bond donors (Lipinski definition) is 2. The van der Waals surface area contributed by atoms with Gasteiger partial charge in [-0.05, 0) is 93.5 Å². The van der Waals surface area contributed by atoms with Crippen molar-refractivity contribution in [2.24, 2.45) is 0 Å². The van der Waals surface area contributed by atoms with Gasteiger partial charge in [-0.2, -0.15) is 0 Å². The minimum Gasteiger partial charge on any atom is -0.462 e. The van der Waals surface area contributed by atoms with Gasteiger partial charge in [-0.3, -0.25) is 14.2 Å². The highest BCUT2D eigenvalue weighted by Gasteiger charge is 2.28. The number of carbonyl (C=O) groups excluding carboxylic acids is 3. The van der Waals surface area contributed by atoms with Crippen molar-refractivity contribution >= 4 is 45.9 Å². The molecule has 2 aromatic heterocycles. The fourth-order valence-electron chi connectivity index (χ4n) is 4.88. The Kier molecular flexibility index (Phi) is 9.08. The maximum Gasteiger partial charge on any atom is 0.341 e. The van der Waals surface area contributed by atoms with Gasteiger partial charge < -0.3 is 15.4 Å². The molecule has 218 valence electrons. The van der Waals surface area contributed by atoms with Gasteiger partial charge in [-0.1, -0.05) is 30.0 Å². The molecule has 0 aliphatic heterocycles. The Balaban J connectivity index is 1.32. The van der Waals surface area contributed by atoms with E-state index in [9.17, 15) is 14.4 Å². The van der Waals surface area contributed by atoms with E-state index in [0.29, 0.717) is 27.1 Å². The van der Waals surface area contributed by atoms with Gasteiger partial charge >= 0.3 is 5.97 Å². The predicted octanol–water partition coefficient (Wildman–Crippen LogP) is 5.58. The molecule has 1 aliphatic rings. The molecule has 0 saturated heterocycles. The number of esters is 1. The van der Waals surface area contributed by atoms with Crippen molar-refractivity contribution in [2.75, 3.05) is 17.7 Å². The lowest BCUT2D eigenvalue weighted by molar-refractivity contribution is -0.113. The molecule has 0 unspecified atom stereocenters. The molecule has 5 rings (SSSR count). The van der Waals surface area contributed by atoms with Gasteiger partial charge in [0.25, 0.3) is 5.91 Å². The molecule has 0 saturated carbocycles. The zero-order valence-corrected chi connectivity index (χ0v) is 25.7. The minimum absolute atomic E-state index is 0.0593. The first kappa shape index (κ1) is 29.5. The molecule has 0 radical (unpaired) electrons. The van der Waals surface area contributed by atoms with Gasteiger partial charge in [0, 0.05) is 16.1 Å². The summed E-state index contributed by atoms with van der Waals surface area (Å²) in [5.74, 6) is -0.255. The van der Waals surface area contributed by atoms with Gasteiger partial charge in [-0.25, -0.2) is 4.79 Å². The summed E-state index contributed by atoms with van der Waals surface area (Å²) in [5.41, 5.74) is 6.11. The van der Waals surface area contributed by atoms with E-state index < -0.39 is 5.97 Å². The van der Waals surface area contributed by atoms with E-state index in [-0.39, 0.29) is 30.7 Å². The Labute approximate surface area is 253 Å². The van der Waals surface area contributed by atoms with Crippen LogP contribution in [0.4, 0.5) is 5.00 Å². The normalized spacial score (nSPS) is 12.2. The number of fused-ring (bicyclic) bond motifs is 1. The molecule has 2 heterocycles. The molecule has 4 aromatic rings. The van der Waals surface area contributed by atoms with Gasteiger partial charge in [0.2, 0.25) is 5.91 Å². The van der Waals surface area contributed by atoms with Crippen LogP contribution >= 0.6 is 23.1 Å². The number of rotatable bonds is 10. The Hall–Kier alpha value is -3.96. The summed E-state index contributed by atoms with van der Waals surface area (Å²) in [4.78, 5) is 39.8. The number of benzene rings is 2. The summed E-state index contributed by atoms with van der Waals surface area (Å²) in [7, 11) is 0. The molecular weight excluding hydrogens is 571 g/mol. The molecule has 9 nitrogen and oxygen atoms in total. The average Bonchev–Trinajstić information content (AvgIpc) is 3.66. The third-order valence-electron chi connectivity index (χ3n) is 7.12. The van der Waals surface area contributed by atoms with E-state index >= 15 is 0 Å². The van der Waals surface area contributed by atoms with E-state index in [1.165, 1.54) is 23.1 Å². The van der Waals surface area contributed by atoms with Crippen molar-refractivity contribution in [3.05, 3.63) is 86.5 Å². The fourth-order valence-corrected chi connectivity index (χ4v) is 6.95. The largest absolute Gasteiger partial charge is 0.462 e. The summed E-state index contributed by atoms with van der Waals surface area (Å²) in [5, 5.41) is 15.7. The molecule has 0 atom stereocenters. The molecule has 0 fully saturated rings. The summed E-state index contributed by atoms with van der Waals surface area (Å²) >= 11 is 2.69. The quantitative estimate of drug-likeness (QED) is 0.180. The number of ether oxygens (including phenoxy) is 1. The molecule has 1 aliphatic carbocycles. The van der Waals surface area contributed by atoms with Crippen LogP contribution in [0.5, 0.6) is 0 Å². The number of aryl methyl sites for hydroxylation is 4. The Morgan fingerprint density at radius 1 is 1.05 bits per heavy atom. The first-order valence-corrected chi connectivity index (χ1v) is 15.7. The Bertz CT molecular complexity index is 1660. The van der Waals surface area contributed by atoms with Crippen LogP contribution in [0.2, 0.25) is 0 Å². The highest BCUT2D eigenvalue weighted by atomic mass is 32.2. The third-order valence-corrected chi connectivity index (χ3v) is 9.26. The van der Waals surface area contributed by atoms with Crippen LogP contribution in [-0.4, -0.2) is 44.9 Å². The third kappa shape index (κ3) is 6.42. The highest BCUT2D eigenvalue weighted by Crippen LogP contribution is 2.39. The number of hydrogen-bond acceptors (Lipinski definition) is 8. The van der Waals surface area contributed by atoms with Gasteiger partial charge in [0.1, 0.15) is 5.00 Å². The number of carbonyl (C=O) groups is 3. The summed E-state index contributed by atoms with van der Waals surface area (Å²) in [6.07, 6.45) is 2.71. The van der Waals surface area contributed by atoms with Crippen molar-refractivity contribution in [3.8, 4) is 5.69 Å². The standard InChI is InChI=1S/C31H33N5O4S2/c1-5-40-30(39)27-23-10-7-11-24(23)42-29(27)33-26(37)17-41-31-35-34-25(36(31)22-9-6-8-18(2)14-22)16-32-28(38)21-13-12-19(3)20(4)15-21/h6,8-9,12-15H,5,7,10-11,16-17H2,1-4H3,(H,32,38)(H,33,37). The van der Waals surface area contributed by atoms with Crippen molar-refractivity contribution in [2.45, 2.75) is 58.7 Å².